The number of likely N-dealkylation sites (tertiary alicyclic amines) is 1. The molecule has 3 fully saturated rings. The van der Waals surface area contributed by atoms with Crippen molar-refractivity contribution in [2.45, 2.75) is 49.3 Å². The molecule has 5 aromatic rings. The van der Waals surface area contributed by atoms with Gasteiger partial charge in [0.1, 0.15) is 16.9 Å². The van der Waals surface area contributed by atoms with E-state index in [0.29, 0.717) is 40.9 Å². The number of methoxy groups -OCH3 is 1. The first-order valence-corrected chi connectivity index (χ1v) is 17.3. The summed E-state index contributed by atoms with van der Waals surface area (Å²) in [6.45, 7) is 1.51. The van der Waals surface area contributed by atoms with Crippen LogP contribution < -0.4 is 10.5 Å². The zero-order valence-corrected chi connectivity index (χ0v) is 26.3. The molecule has 2 saturated carbocycles. The number of pyridine rings is 2. The Hall–Kier alpha value is -4.29. The monoisotopic (exact) mass is 625 g/mol. The van der Waals surface area contributed by atoms with E-state index in [9.17, 15) is 13.2 Å². The molecule has 232 valence electrons. The summed E-state index contributed by atoms with van der Waals surface area (Å²) in [5.41, 5.74) is 11.7. The van der Waals surface area contributed by atoms with E-state index in [-0.39, 0.29) is 23.0 Å². The molecule has 0 unspecified atom stereocenters. The largest absolute Gasteiger partial charge is 0.494 e. The Labute approximate surface area is 260 Å². The lowest BCUT2D eigenvalue weighted by Gasteiger charge is -2.27. The number of sulfone groups is 1. The van der Waals surface area contributed by atoms with Crippen LogP contribution in [-0.2, 0) is 23.4 Å². The zero-order chi connectivity index (χ0) is 31.2. The third-order valence-corrected chi connectivity index (χ3v) is 10.8. The third kappa shape index (κ3) is 4.61. The van der Waals surface area contributed by atoms with Gasteiger partial charge in [-0.05, 0) is 80.0 Å². The average Bonchev–Trinajstić information content (AvgIpc) is 3.44. The van der Waals surface area contributed by atoms with Gasteiger partial charge in [0.05, 0.1) is 24.0 Å². The van der Waals surface area contributed by atoms with Gasteiger partial charge < -0.3 is 24.5 Å². The van der Waals surface area contributed by atoms with Gasteiger partial charge in [-0.1, -0.05) is 0 Å². The molecule has 4 aromatic heterocycles. The fourth-order valence-electron chi connectivity index (χ4n) is 7.23. The lowest BCUT2D eigenvalue weighted by molar-refractivity contribution is 0.0700. The number of benzene rings is 1. The van der Waals surface area contributed by atoms with Crippen LogP contribution in [0.15, 0.2) is 53.7 Å². The highest BCUT2D eigenvalue weighted by Crippen LogP contribution is 2.40. The molecule has 45 heavy (non-hydrogen) atoms. The SMILES string of the molecule is COc1cc(C(=O)N2C[C@H]3CC[C@@H]2[C@@H]3N)cc2nc(-c3cc4ccc(-c5ccc(S(C)(=O)=O)nc5)nc4n3CC3CC3)n(C)c12. The molecule has 3 atom stereocenters. The van der Waals surface area contributed by atoms with Crippen molar-refractivity contribution in [2.24, 2.45) is 24.6 Å². The Balaban J connectivity index is 1.22. The molecular weight excluding hydrogens is 590 g/mol. The Bertz CT molecular complexity index is 2110. The highest BCUT2D eigenvalue weighted by atomic mass is 32.2. The van der Waals surface area contributed by atoms with E-state index < -0.39 is 9.84 Å². The number of rotatable bonds is 7. The normalized spacial score (nSPS) is 21.3. The van der Waals surface area contributed by atoms with Crippen LogP contribution in [0.4, 0.5) is 0 Å². The molecule has 2 bridgehead atoms. The van der Waals surface area contributed by atoms with Gasteiger partial charge in [0.2, 0.25) is 0 Å². The summed E-state index contributed by atoms with van der Waals surface area (Å²) < 4.78 is 33.9. The number of hydrogen-bond donors (Lipinski definition) is 1. The second-order valence-electron chi connectivity index (χ2n) is 12.8. The first-order valence-electron chi connectivity index (χ1n) is 15.4. The molecular formula is C33H35N7O4S. The van der Waals surface area contributed by atoms with Crippen LogP contribution in [0.5, 0.6) is 5.75 Å². The van der Waals surface area contributed by atoms with Crippen molar-refractivity contribution < 1.29 is 17.9 Å². The minimum Gasteiger partial charge on any atom is -0.494 e. The molecule has 12 heteroatoms. The summed E-state index contributed by atoms with van der Waals surface area (Å²) in [7, 11) is 0.200. The number of aryl methyl sites for hydroxylation is 1. The van der Waals surface area contributed by atoms with Crippen molar-refractivity contribution in [3.05, 3.63) is 54.2 Å². The number of nitrogens with two attached hydrogens (primary N) is 1. The van der Waals surface area contributed by atoms with Crippen molar-refractivity contribution in [3.63, 3.8) is 0 Å². The van der Waals surface area contributed by atoms with Crippen LogP contribution in [0.1, 0.15) is 36.0 Å². The molecule has 3 aliphatic rings. The number of amides is 1. The number of fused-ring (bicyclic) bond motifs is 4. The standard InChI is InChI=1S/C33H35N7O4S/c1-38-30-24(12-22(14-27(30)44-2)33(41)40-17-21-7-10-25(40)29(21)34)37-32(38)26-13-19-6-9-23(36-31(19)39(26)16-18-4-5-18)20-8-11-28(35-15-20)45(3,42)43/h6,8-9,11-15,18,21,25,29H,4-5,7,10,16-17,34H2,1-3H3/t21-,25-,29-/m1/s1. The number of imidazole rings is 1. The highest BCUT2D eigenvalue weighted by Gasteiger charge is 2.47. The fourth-order valence-corrected chi connectivity index (χ4v) is 7.79. The Morgan fingerprint density at radius 2 is 1.89 bits per heavy atom. The maximum atomic E-state index is 13.7. The third-order valence-electron chi connectivity index (χ3n) is 9.84. The number of ether oxygens (including phenoxy) is 1. The quantitative estimate of drug-likeness (QED) is 0.286. The summed E-state index contributed by atoms with van der Waals surface area (Å²) in [6.07, 6.45) is 7.07. The topological polar surface area (TPSA) is 138 Å². The van der Waals surface area contributed by atoms with Crippen molar-refractivity contribution >= 4 is 37.8 Å². The van der Waals surface area contributed by atoms with Gasteiger partial charge in [-0.2, -0.15) is 0 Å². The zero-order valence-electron chi connectivity index (χ0n) is 25.5. The van der Waals surface area contributed by atoms with Crippen LogP contribution >= 0.6 is 0 Å². The van der Waals surface area contributed by atoms with Gasteiger partial charge in [0, 0.05) is 61.2 Å². The average molecular weight is 626 g/mol. The Morgan fingerprint density at radius 3 is 2.53 bits per heavy atom. The minimum absolute atomic E-state index is 0.0244. The van der Waals surface area contributed by atoms with E-state index >= 15 is 0 Å². The molecule has 2 aliphatic carbocycles. The first-order chi connectivity index (χ1) is 21.6. The molecule has 0 radical (unpaired) electrons. The summed E-state index contributed by atoms with van der Waals surface area (Å²) >= 11 is 0. The number of carbonyl (C=O) groups excluding carboxylic acids is 1. The summed E-state index contributed by atoms with van der Waals surface area (Å²) in [5, 5.41) is 1.01. The maximum absolute atomic E-state index is 13.7. The molecule has 1 amide bonds. The molecule has 11 nitrogen and oxygen atoms in total. The number of nitrogens with zero attached hydrogens (tertiary/aromatic N) is 6. The van der Waals surface area contributed by atoms with E-state index in [2.05, 4.69) is 15.6 Å². The predicted octanol–water partition coefficient (Wildman–Crippen LogP) is 4.04. The van der Waals surface area contributed by atoms with E-state index in [1.807, 2.05) is 40.8 Å². The van der Waals surface area contributed by atoms with Gasteiger partial charge in [-0.25, -0.2) is 23.4 Å². The van der Waals surface area contributed by atoms with Gasteiger partial charge in [-0.3, -0.25) is 4.79 Å². The lowest BCUT2D eigenvalue weighted by Crippen LogP contribution is -2.41. The second kappa shape index (κ2) is 10.1. The van der Waals surface area contributed by atoms with Gasteiger partial charge in [0.15, 0.2) is 20.7 Å². The number of hydrogen-bond acceptors (Lipinski definition) is 8. The van der Waals surface area contributed by atoms with E-state index in [1.54, 1.807) is 19.4 Å². The number of piperidine rings is 1. The highest BCUT2D eigenvalue weighted by molar-refractivity contribution is 7.90. The van der Waals surface area contributed by atoms with Gasteiger partial charge in [-0.15, -0.1) is 0 Å². The molecule has 8 rings (SSSR count). The van der Waals surface area contributed by atoms with Crippen LogP contribution in [0.3, 0.4) is 0 Å². The maximum Gasteiger partial charge on any atom is 0.254 e. The number of aromatic nitrogens is 5. The first kappa shape index (κ1) is 28.2. The predicted molar refractivity (Wildman–Crippen MR) is 171 cm³/mol. The Kier molecular flexibility index (Phi) is 6.34. The van der Waals surface area contributed by atoms with Crippen molar-refractivity contribution in [1.82, 2.24) is 29.0 Å². The van der Waals surface area contributed by atoms with Crippen molar-refractivity contribution in [1.29, 1.82) is 0 Å². The number of carbonyl (C=O) groups is 1. The van der Waals surface area contributed by atoms with E-state index in [4.69, 9.17) is 20.4 Å². The molecule has 1 aliphatic heterocycles. The van der Waals surface area contributed by atoms with E-state index in [1.165, 1.54) is 18.9 Å². The molecule has 0 spiro atoms. The van der Waals surface area contributed by atoms with Crippen LogP contribution in [0.2, 0.25) is 0 Å². The molecule has 1 saturated heterocycles. The van der Waals surface area contributed by atoms with Crippen molar-refractivity contribution in [2.75, 3.05) is 19.9 Å². The van der Waals surface area contributed by atoms with Gasteiger partial charge in [0.25, 0.3) is 5.91 Å². The molecule has 1 aromatic carbocycles. The summed E-state index contributed by atoms with van der Waals surface area (Å²) in [6, 6.07) is 13.2. The molecule has 5 heterocycles. The fraction of sp³-hybridized carbons (Fsp3) is 0.394. The van der Waals surface area contributed by atoms with Crippen LogP contribution in [-0.4, -0.2) is 75.3 Å². The molecule has 2 N–H and O–H groups in total. The summed E-state index contributed by atoms with van der Waals surface area (Å²) in [5.74, 6) is 2.27. The van der Waals surface area contributed by atoms with Crippen LogP contribution in [0.25, 0.3) is 44.8 Å². The smallest absolute Gasteiger partial charge is 0.254 e. The lowest BCUT2D eigenvalue weighted by atomic mass is 10.1. The second-order valence-corrected chi connectivity index (χ2v) is 14.8. The van der Waals surface area contributed by atoms with E-state index in [0.717, 1.165) is 59.3 Å². The minimum atomic E-state index is -3.39. The summed E-state index contributed by atoms with van der Waals surface area (Å²) in [4.78, 5) is 29.9. The Morgan fingerprint density at radius 1 is 1.07 bits per heavy atom. The van der Waals surface area contributed by atoms with Gasteiger partial charge >= 0.3 is 0 Å². The van der Waals surface area contributed by atoms with Crippen LogP contribution in [0, 0.1) is 11.8 Å². The van der Waals surface area contributed by atoms with Crippen molar-refractivity contribution in [3.8, 4) is 28.5 Å².